The van der Waals surface area contributed by atoms with E-state index in [1.807, 2.05) is 30.5 Å². The number of anilines is 3. The maximum Gasteiger partial charge on any atom is 0.267 e. The third kappa shape index (κ3) is 4.91. The van der Waals surface area contributed by atoms with E-state index in [4.69, 9.17) is 4.98 Å². The Morgan fingerprint density at radius 2 is 1.76 bits per heavy atom. The zero-order chi connectivity index (χ0) is 25.4. The summed E-state index contributed by atoms with van der Waals surface area (Å²) in [5.74, 6) is -2.03. The molecule has 2 aliphatic rings. The van der Waals surface area contributed by atoms with Crippen molar-refractivity contribution in [2.75, 3.05) is 36.4 Å². The predicted molar refractivity (Wildman–Crippen MR) is 137 cm³/mol. The van der Waals surface area contributed by atoms with Crippen LogP contribution >= 0.6 is 0 Å². The molecule has 0 radical (unpaired) electrons. The van der Waals surface area contributed by atoms with Crippen LogP contribution in [0.5, 0.6) is 0 Å². The van der Waals surface area contributed by atoms with Gasteiger partial charge in [-0.05, 0) is 55.3 Å². The number of benzene rings is 2. The van der Waals surface area contributed by atoms with E-state index in [-0.39, 0.29) is 13.0 Å². The molecule has 0 spiro atoms. The molecule has 4 aromatic rings. The molecule has 2 aliphatic heterocycles. The van der Waals surface area contributed by atoms with Crippen LogP contribution in [0.3, 0.4) is 0 Å². The molecule has 2 saturated heterocycles. The van der Waals surface area contributed by atoms with Crippen LogP contribution in [-0.4, -0.2) is 62.8 Å². The third-order valence-corrected chi connectivity index (χ3v) is 6.75. The van der Waals surface area contributed by atoms with Crippen LogP contribution in [0.15, 0.2) is 60.9 Å². The Labute approximate surface area is 212 Å². The average Bonchev–Trinajstić information content (AvgIpc) is 3.58. The Morgan fingerprint density at radius 3 is 2.51 bits per heavy atom. The molecule has 1 amide bonds. The molecule has 0 atom stereocenters. The number of aromatic nitrogens is 4. The minimum Gasteiger partial charge on any atom is -0.341 e. The fourth-order valence-electron chi connectivity index (χ4n) is 4.75. The highest BCUT2D eigenvalue weighted by Gasteiger charge is 2.40. The Kier molecular flexibility index (Phi) is 5.86. The molecular weight excluding hydrogens is 476 g/mol. The molecule has 0 saturated carbocycles. The maximum atomic E-state index is 13.5. The first-order valence-electron chi connectivity index (χ1n) is 12.3. The van der Waals surface area contributed by atoms with Crippen LogP contribution < -0.4 is 10.2 Å². The summed E-state index contributed by atoms with van der Waals surface area (Å²) >= 11 is 0. The van der Waals surface area contributed by atoms with E-state index in [2.05, 4.69) is 25.2 Å². The lowest BCUT2D eigenvalue weighted by molar-refractivity contribution is 0.0120. The lowest BCUT2D eigenvalue weighted by atomic mass is 10.1. The number of likely N-dealkylation sites (tertiary alicyclic amines) is 1. The van der Waals surface area contributed by atoms with E-state index in [1.54, 1.807) is 30.5 Å². The van der Waals surface area contributed by atoms with E-state index in [1.165, 1.54) is 17.7 Å². The van der Waals surface area contributed by atoms with Crippen molar-refractivity contribution < 1.29 is 13.6 Å². The summed E-state index contributed by atoms with van der Waals surface area (Å²) in [6.45, 7) is 1.52. The summed E-state index contributed by atoms with van der Waals surface area (Å²) in [6, 6.07) is 14.5. The lowest BCUT2D eigenvalue weighted by Gasteiger charge is -2.16. The number of nitrogens with one attached hydrogen (secondary N) is 1. The first kappa shape index (κ1) is 23.2. The van der Waals surface area contributed by atoms with Gasteiger partial charge in [-0.3, -0.25) is 4.79 Å². The van der Waals surface area contributed by atoms with Gasteiger partial charge in [0.1, 0.15) is 0 Å². The molecule has 2 fully saturated rings. The zero-order valence-corrected chi connectivity index (χ0v) is 20.1. The van der Waals surface area contributed by atoms with Gasteiger partial charge in [0, 0.05) is 60.6 Å². The Balaban J connectivity index is 1.16. The molecule has 2 aromatic carbocycles. The number of alkyl halides is 2. The van der Waals surface area contributed by atoms with Gasteiger partial charge in [-0.15, -0.1) is 0 Å². The van der Waals surface area contributed by atoms with Gasteiger partial charge >= 0.3 is 0 Å². The largest absolute Gasteiger partial charge is 0.341 e. The van der Waals surface area contributed by atoms with Gasteiger partial charge < -0.3 is 15.1 Å². The number of amides is 1. The highest BCUT2D eigenvalue weighted by Crippen LogP contribution is 2.29. The van der Waals surface area contributed by atoms with Crippen molar-refractivity contribution in [3.05, 3.63) is 66.5 Å². The molecule has 0 aliphatic carbocycles. The van der Waals surface area contributed by atoms with Gasteiger partial charge in [-0.1, -0.05) is 6.07 Å². The van der Waals surface area contributed by atoms with Gasteiger partial charge in [-0.2, -0.15) is 0 Å². The summed E-state index contributed by atoms with van der Waals surface area (Å²) in [7, 11) is 0. The molecule has 37 heavy (non-hydrogen) atoms. The van der Waals surface area contributed by atoms with Crippen molar-refractivity contribution in [2.45, 2.75) is 25.2 Å². The minimum absolute atomic E-state index is 0.0625. The van der Waals surface area contributed by atoms with Crippen LogP contribution in [0.1, 0.15) is 29.6 Å². The van der Waals surface area contributed by atoms with E-state index in [0.29, 0.717) is 17.2 Å². The molecule has 10 heteroatoms. The van der Waals surface area contributed by atoms with Crippen molar-refractivity contribution in [3.8, 4) is 11.3 Å². The topological polar surface area (TPSA) is 87.1 Å². The van der Waals surface area contributed by atoms with Crippen molar-refractivity contribution in [3.63, 3.8) is 0 Å². The summed E-state index contributed by atoms with van der Waals surface area (Å²) in [4.78, 5) is 34.1. The average molecular weight is 502 g/mol. The minimum atomic E-state index is -2.81. The number of hydrogen-bond donors (Lipinski definition) is 1. The second-order valence-electron chi connectivity index (χ2n) is 9.44. The Hall–Kier alpha value is -4.21. The summed E-state index contributed by atoms with van der Waals surface area (Å²) in [5, 5.41) is 4.08. The van der Waals surface area contributed by atoms with Crippen molar-refractivity contribution in [2.24, 2.45) is 0 Å². The second kappa shape index (κ2) is 9.34. The van der Waals surface area contributed by atoms with E-state index >= 15 is 0 Å². The first-order chi connectivity index (χ1) is 17.9. The molecule has 2 aromatic heterocycles. The van der Waals surface area contributed by atoms with Crippen molar-refractivity contribution in [1.29, 1.82) is 0 Å². The van der Waals surface area contributed by atoms with Crippen LogP contribution in [0, 0.1) is 0 Å². The van der Waals surface area contributed by atoms with E-state index in [9.17, 15) is 13.6 Å². The number of carbonyl (C=O) groups is 1. The molecule has 0 bridgehead atoms. The van der Waals surface area contributed by atoms with Crippen LogP contribution in [0.4, 0.5) is 26.4 Å². The van der Waals surface area contributed by atoms with Gasteiger partial charge in [-0.25, -0.2) is 28.7 Å². The number of nitrogens with zero attached hydrogens (tertiary/aromatic N) is 6. The molecule has 188 valence electrons. The monoisotopic (exact) mass is 501 g/mol. The Morgan fingerprint density at radius 1 is 0.946 bits per heavy atom. The first-order valence-corrected chi connectivity index (χ1v) is 12.3. The fourth-order valence-corrected chi connectivity index (χ4v) is 4.75. The number of rotatable bonds is 5. The summed E-state index contributed by atoms with van der Waals surface area (Å²) in [6.07, 6.45) is 5.58. The standard InChI is InChI=1S/C27H25F2N7O/c28-27(29)10-14-36(17-27)24(37)18-3-6-21(7-4-18)32-25-30-11-9-23(33-25)19-5-8-22-20(15-19)16-31-26(34-22)35-12-1-2-13-35/h3-9,11,15-16H,1-2,10,12-14,17H2,(H,30,32,33). The predicted octanol–water partition coefficient (Wildman–Crippen LogP) is 4.91. The summed E-state index contributed by atoms with van der Waals surface area (Å²) < 4.78 is 26.9. The fraction of sp³-hybridized carbons (Fsp3) is 0.296. The maximum absolute atomic E-state index is 13.5. The van der Waals surface area contributed by atoms with Crippen LogP contribution in [-0.2, 0) is 0 Å². The summed E-state index contributed by atoms with van der Waals surface area (Å²) in [5.41, 5.74) is 3.59. The Bertz CT molecular complexity index is 1460. The van der Waals surface area contributed by atoms with Gasteiger partial charge in [0.25, 0.3) is 11.8 Å². The highest BCUT2D eigenvalue weighted by molar-refractivity contribution is 5.95. The smallest absolute Gasteiger partial charge is 0.267 e. The SMILES string of the molecule is O=C(c1ccc(Nc2nccc(-c3ccc4nc(N5CCCC5)ncc4c3)n2)cc1)N1CCC(F)(F)C1. The van der Waals surface area contributed by atoms with Crippen LogP contribution in [0.2, 0.25) is 0 Å². The molecular formula is C27H25F2N7O. The van der Waals surface area contributed by atoms with Crippen LogP contribution in [0.25, 0.3) is 22.2 Å². The number of hydrogen-bond acceptors (Lipinski definition) is 7. The number of carbonyl (C=O) groups excluding carboxylic acids is 1. The quantitative estimate of drug-likeness (QED) is 0.416. The van der Waals surface area contributed by atoms with Crippen molar-refractivity contribution in [1.82, 2.24) is 24.8 Å². The van der Waals surface area contributed by atoms with Gasteiger partial charge in [0.05, 0.1) is 17.8 Å². The lowest BCUT2D eigenvalue weighted by Crippen LogP contribution is -2.31. The molecule has 0 unspecified atom stereocenters. The normalized spacial score (nSPS) is 16.9. The van der Waals surface area contributed by atoms with Gasteiger partial charge in [0.2, 0.25) is 11.9 Å². The third-order valence-electron chi connectivity index (χ3n) is 6.75. The molecule has 8 nitrogen and oxygen atoms in total. The number of halogens is 2. The molecule has 6 rings (SSSR count). The van der Waals surface area contributed by atoms with E-state index in [0.717, 1.165) is 41.2 Å². The van der Waals surface area contributed by atoms with Crippen molar-refractivity contribution >= 4 is 34.4 Å². The zero-order valence-electron chi connectivity index (χ0n) is 20.1. The molecule has 1 N–H and O–H groups in total. The van der Waals surface area contributed by atoms with E-state index < -0.39 is 18.4 Å². The molecule has 4 heterocycles. The number of fused-ring (bicyclic) bond motifs is 1. The highest BCUT2D eigenvalue weighted by atomic mass is 19.3. The van der Waals surface area contributed by atoms with Gasteiger partial charge in [0.15, 0.2) is 0 Å². The second-order valence-corrected chi connectivity index (χ2v) is 9.44.